The first-order valence-electron chi connectivity index (χ1n) is 5.86. The molecule has 5 nitrogen and oxygen atoms in total. The van der Waals surface area contributed by atoms with Crippen molar-refractivity contribution >= 4 is 38.3 Å². The standard InChI is InChI=1S/C11H11F3N2O3S2/c1-7(17)16(9-2-3-9)10-15-8(6-20-10)4-5-21(18,19)11(12,13)14/h4-6,9H,2-3H2,1H3. The SMILES string of the molecule is CC(=O)N(c1nc(C=CS(=O)(=O)C(F)(F)F)cs1)C1CC1. The summed E-state index contributed by atoms with van der Waals surface area (Å²) in [7, 11) is -5.32. The lowest BCUT2D eigenvalue weighted by Crippen LogP contribution is -2.30. The van der Waals surface area contributed by atoms with Crippen LogP contribution in [0.3, 0.4) is 0 Å². The predicted octanol–water partition coefficient (Wildman–Crippen LogP) is 2.56. The third-order valence-electron chi connectivity index (χ3n) is 2.71. The molecule has 1 fully saturated rings. The van der Waals surface area contributed by atoms with Gasteiger partial charge in [-0.2, -0.15) is 13.2 Å². The van der Waals surface area contributed by atoms with Crippen molar-refractivity contribution in [2.45, 2.75) is 31.3 Å². The Labute approximate surface area is 123 Å². The van der Waals surface area contributed by atoms with E-state index in [1.54, 1.807) is 0 Å². The normalized spacial score (nSPS) is 16.4. The Morgan fingerprint density at radius 3 is 2.57 bits per heavy atom. The fraction of sp³-hybridized carbons (Fsp3) is 0.455. The van der Waals surface area contributed by atoms with E-state index < -0.39 is 15.3 Å². The number of amides is 1. The van der Waals surface area contributed by atoms with Crippen molar-refractivity contribution in [3.8, 4) is 0 Å². The Morgan fingerprint density at radius 2 is 2.10 bits per heavy atom. The Hall–Kier alpha value is -1.42. The third-order valence-corrected chi connectivity index (χ3v) is 4.71. The number of aromatic nitrogens is 1. The lowest BCUT2D eigenvalue weighted by Gasteiger charge is -2.16. The van der Waals surface area contributed by atoms with E-state index >= 15 is 0 Å². The first-order chi connectivity index (χ1) is 9.62. The zero-order chi connectivity index (χ0) is 15.8. The van der Waals surface area contributed by atoms with Crippen molar-refractivity contribution < 1.29 is 26.4 Å². The minimum Gasteiger partial charge on any atom is -0.285 e. The van der Waals surface area contributed by atoms with Crippen molar-refractivity contribution in [1.29, 1.82) is 0 Å². The molecule has 2 rings (SSSR count). The van der Waals surface area contributed by atoms with Crippen LogP contribution in [-0.4, -0.2) is 30.9 Å². The van der Waals surface area contributed by atoms with Crippen LogP contribution in [-0.2, 0) is 14.6 Å². The number of halogens is 3. The minimum atomic E-state index is -5.33. The summed E-state index contributed by atoms with van der Waals surface area (Å²) in [6.07, 6.45) is 2.48. The molecular weight excluding hydrogens is 329 g/mol. The maximum atomic E-state index is 12.2. The maximum Gasteiger partial charge on any atom is 0.501 e. The van der Waals surface area contributed by atoms with Gasteiger partial charge in [0.05, 0.1) is 5.69 Å². The molecule has 0 unspecified atom stereocenters. The number of nitrogens with zero attached hydrogens (tertiary/aromatic N) is 2. The average molecular weight is 340 g/mol. The molecule has 21 heavy (non-hydrogen) atoms. The van der Waals surface area contributed by atoms with Crippen molar-refractivity contribution in [3.63, 3.8) is 0 Å². The quantitative estimate of drug-likeness (QED) is 0.845. The average Bonchev–Trinajstić information content (AvgIpc) is 3.04. The molecule has 0 aliphatic heterocycles. The van der Waals surface area contributed by atoms with Gasteiger partial charge in [0.2, 0.25) is 5.91 Å². The Balaban J connectivity index is 2.19. The highest BCUT2D eigenvalue weighted by atomic mass is 32.2. The van der Waals surface area contributed by atoms with Crippen molar-refractivity contribution in [3.05, 3.63) is 16.5 Å². The van der Waals surface area contributed by atoms with E-state index in [2.05, 4.69) is 4.98 Å². The maximum absolute atomic E-state index is 12.2. The molecule has 0 aromatic carbocycles. The Bertz CT molecular complexity index is 675. The first-order valence-corrected chi connectivity index (χ1v) is 8.29. The summed E-state index contributed by atoms with van der Waals surface area (Å²) in [6, 6.07) is 0.0735. The smallest absolute Gasteiger partial charge is 0.285 e. The molecule has 0 bridgehead atoms. The molecule has 0 spiro atoms. The molecule has 0 N–H and O–H groups in total. The van der Waals surface area contributed by atoms with Gasteiger partial charge in [-0.3, -0.25) is 9.69 Å². The summed E-state index contributed by atoms with van der Waals surface area (Å²) in [4.78, 5) is 17.0. The molecule has 1 aromatic rings. The molecule has 1 aromatic heterocycles. The molecule has 0 saturated heterocycles. The summed E-state index contributed by atoms with van der Waals surface area (Å²) in [6.45, 7) is 1.38. The minimum absolute atomic E-state index is 0.0646. The van der Waals surface area contributed by atoms with Gasteiger partial charge < -0.3 is 0 Å². The molecule has 1 amide bonds. The number of sulfone groups is 1. The lowest BCUT2D eigenvalue weighted by atomic mass is 10.5. The number of carbonyl (C=O) groups excluding carboxylic acids is 1. The second-order valence-electron chi connectivity index (χ2n) is 4.47. The zero-order valence-electron chi connectivity index (χ0n) is 10.8. The fourth-order valence-corrected chi connectivity index (χ4v) is 2.96. The van der Waals surface area contributed by atoms with E-state index in [1.807, 2.05) is 0 Å². The highest BCUT2D eigenvalue weighted by Crippen LogP contribution is 2.34. The largest absolute Gasteiger partial charge is 0.501 e. The van der Waals surface area contributed by atoms with E-state index in [4.69, 9.17) is 0 Å². The van der Waals surface area contributed by atoms with Gasteiger partial charge in [0.15, 0.2) is 5.13 Å². The van der Waals surface area contributed by atoms with Gasteiger partial charge in [0, 0.05) is 23.8 Å². The molecule has 0 radical (unpaired) electrons. The van der Waals surface area contributed by atoms with Crippen LogP contribution in [0.2, 0.25) is 0 Å². The summed E-state index contributed by atoms with van der Waals surface area (Å²) in [5, 5.41) is 1.82. The Kier molecular flexibility index (Phi) is 4.11. The molecule has 1 aliphatic rings. The van der Waals surface area contributed by atoms with Crippen LogP contribution < -0.4 is 4.90 Å². The highest BCUT2D eigenvalue weighted by Gasteiger charge is 2.43. The molecule has 1 aliphatic carbocycles. The van der Waals surface area contributed by atoms with Gasteiger partial charge in [-0.15, -0.1) is 11.3 Å². The zero-order valence-corrected chi connectivity index (χ0v) is 12.4. The molecule has 1 saturated carbocycles. The van der Waals surface area contributed by atoms with Gasteiger partial charge in [-0.1, -0.05) is 0 Å². The fourth-order valence-electron chi connectivity index (χ4n) is 1.58. The van der Waals surface area contributed by atoms with Crippen LogP contribution in [0.5, 0.6) is 0 Å². The number of carbonyl (C=O) groups is 1. The summed E-state index contributed by atoms with van der Waals surface area (Å²) < 4.78 is 58.3. The number of anilines is 1. The molecular formula is C11H11F3N2O3S2. The molecule has 0 atom stereocenters. The summed E-state index contributed by atoms with van der Waals surface area (Å²) in [5.74, 6) is -0.203. The number of rotatable bonds is 4. The number of hydrogen-bond acceptors (Lipinski definition) is 5. The molecule has 10 heteroatoms. The van der Waals surface area contributed by atoms with E-state index in [9.17, 15) is 26.4 Å². The van der Waals surface area contributed by atoms with Crippen LogP contribution in [0.15, 0.2) is 10.8 Å². The van der Waals surface area contributed by atoms with E-state index in [-0.39, 0.29) is 23.1 Å². The lowest BCUT2D eigenvalue weighted by molar-refractivity contribution is -0.116. The third kappa shape index (κ3) is 3.62. The van der Waals surface area contributed by atoms with Crippen molar-refractivity contribution in [2.24, 2.45) is 0 Å². The van der Waals surface area contributed by atoms with Crippen LogP contribution in [0.1, 0.15) is 25.5 Å². The van der Waals surface area contributed by atoms with Crippen molar-refractivity contribution in [1.82, 2.24) is 4.98 Å². The van der Waals surface area contributed by atoms with Crippen LogP contribution in [0.25, 0.3) is 6.08 Å². The van der Waals surface area contributed by atoms with Gasteiger partial charge in [-0.05, 0) is 18.9 Å². The second-order valence-corrected chi connectivity index (χ2v) is 7.13. The topological polar surface area (TPSA) is 67.3 Å². The monoisotopic (exact) mass is 340 g/mol. The van der Waals surface area contributed by atoms with Gasteiger partial charge in [0.1, 0.15) is 0 Å². The molecule has 1 heterocycles. The van der Waals surface area contributed by atoms with Crippen LogP contribution in [0.4, 0.5) is 18.3 Å². The van der Waals surface area contributed by atoms with Crippen LogP contribution in [0, 0.1) is 0 Å². The second kappa shape index (κ2) is 5.41. The van der Waals surface area contributed by atoms with Gasteiger partial charge >= 0.3 is 5.51 Å². The van der Waals surface area contributed by atoms with E-state index in [0.717, 1.165) is 30.3 Å². The predicted molar refractivity (Wildman–Crippen MR) is 72.3 cm³/mol. The first kappa shape index (κ1) is 16.0. The summed E-state index contributed by atoms with van der Waals surface area (Å²) >= 11 is 1.08. The molecule has 116 valence electrons. The van der Waals surface area contributed by atoms with Crippen molar-refractivity contribution in [2.75, 3.05) is 4.90 Å². The van der Waals surface area contributed by atoms with Gasteiger partial charge in [0.25, 0.3) is 9.84 Å². The van der Waals surface area contributed by atoms with E-state index in [1.165, 1.54) is 17.2 Å². The highest BCUT2D eigenvalue weighted by molar-refractivity contribution is 7.95. The number of thiazole rings is 1. The number of alkyl halides is 3. The number of hydrogen-bond donors (Lipinski definition) is 0. The van der Waals surface area contributed by atoms with Gasteiger partial charge in [-0.25, -0.2) is 13.4 Å². The Morgan fingerprint density at radius 1 is 1.48 bits per heavy atom. The van der Waals surface area contributed by atoms with Crippen LogP contribution >= 0.6 is 11.3 Å². The van der Waals surface area contributed by atoms with E-state index in [0.29, 0.717) is 5.13 Å². The summed E-state index contributed by atoms with van der Waals surface area (Å²) in [5.41, 5.74) is -5.27.